The van der Waals surface area contributed by atoms with Crippen LogP contribution in [-0.2, 0) is 13.5 Å². The topological polar surface area (TPSA) is 65.1 Å². The molecule has 0 aliphatic rings. The minimum atomic E-state index is 0.245. The van der Waals surface area contributed by atoms with Gasteiger partial charge in [0.15, 0.2) is 0 Å². The zero-order valence-corrected chi connectivity index (χ0v) is 12.7. The van der Waals surface area contributed by atoms with Crippen molar-refractivity contribution in [1.82, 2.24) is 15.2 Å². The Kier molecular flexibility index (Phi) is 5.78. The second kappa shape index (κ2) is 7.81. The molecule has 0 aliphatic carbocycles. The lowest BCUT2D eigenvalue weighted by Crippen LogP contribution is -2.36. The van der Waals surface area contributed by atoms with E-state index in [4.69, 9.17) is 10.6 Å². The van der Waals surface area contributed by atoms with Crippen LogP contribution in [0.25, 0.3) is 0 Å². The molecular formula is C16H24N4O. The molecule has 0 saturated carbocycles. The first-order valence-corrected chi connectivity index (χ1v) is 7.30. The van der Waals surface area contributed by atoms with Crippen LogP contribution in [0.2, 0.25) is 0 Å². The van der Waals surface area contributed by atoms with Crippen LogP contribution in [0.3, 0.4) is 0 Å². The number of hydrogen-bond acceptors (Lipinski definition) is 4. The Balaban J connectivity index is 1.72. The van der Waals surface area contributed by atoms with Crippen molar-refractivity contribution in [2.24, 2.45) is 12.9 Å². The highest BCUT2D eigenvalue weighted by Gasteiger charge is 2.08. The van der Waals surface area contributed by atoms with Gasteiger partial charge in [0.1, 0.15) is 5.75 Å². The highest BCUT2D eigenvalue weighted by atomic mass is 16.5. The third-order valence-corrected chi connectivity index (χ3v) is 3.50. The molecule has 0 saturated heterocycles. The second-order valence-electron chi connectivity index (χ2n) is 5.38. The predicted octanol–water partition coefficient (Wildman–Crippen LogP) is 1.96. The Labute approximate surface area is 126 Å². The summed E-state index contributed by atoms with van der Waals surface area (Å²) in [5.41, 5.74) is 5.31. The summed E-state index contributed by atoms with van der Waals surface area (Å²) in [7, 11) is 1.93. The lowest BCUT2D eigenvalue weighted by Gasteiger charge is -2.16. The SMILES string of the molecule is Cc1cccc(OCCC(CCc2cnn(C)c2)NN)c1. The molecule has 1 heterocycles. The summed E-state index contributed by atoms with van der Waals surface area (Å²) in [6.07, 6.45) is 6.75. The van der Waals surface area contributed by atoms with E-state index in [0.717, 1.165) is 25.0 Å². The molecule has 0 amide bonds. The normalized spacial score (nSPS) is 12.3. The summed E-state index contributed by atoms with van der Waals surface area (Å²) in [6.45, 7) is 2.72. The van der Waals surface area contributed by atoms with Crippen LogP contribution in [0.4, 0.5) is 0 Å². The van der Waals surface area contributed by atoms with E-state index in [-0.39, 0.29) is 6.04 Å². The quantitative estimate of drug-likeness (QED) is 0.576. The summed E-state index contributed by atoms with van der Waals surface area (Å²) in [6, 6.07) is 8.33. The average Bonchev–Trinajstić information content (AvgIpc) is 2.88. The number of hydrazine groups is 1. The summed E-state index contributed by atoms with van der Waals surface area (Å²) in [5, 5.41) is 4.17. The third-order valence-electron chi connectivity index (χ3n) is 3.50. The van der Waals surface area contributed by atoms with Crippen LogP contribution in [-0.4, -0.2) is 22.4 Å². The van der Waals surface area contributed by atoms with Crippen LogP contribution in [0.15, 0.2) is 36.7 Å². The van der Waals surface area contributed by atoms with Gasteiger partial charge in [-0.25, -0.2) is 0 Å². The lowest BCUT2D eigenvalue weighted by molar-refractivity contribution is 0.281. The van der Waals surface area contributed by atoms with Gasteiger partial charge in [0.25, 0.3) is 0 Å². The molecule has 0 aliphatic heterocycles. The maximum Gasteiger partial charge on any atom is 0.119 e. The number of benzene rings is 1. The molecule has 3 N–H and O–H groups in total. The zero-order chi connectivity index (χ0) is 15.1. The minimum absolute atomic E-state index is 0.245. The van der Waals surface area contributed by atoms with Crippen LogP contribution in [0, 0.1) is 6.92 Å². The van der Waals surface area contributed by atoms with E-state index in [1.165, 1.54) is 11.1 Å². The molecule has 21 heavy (non-hydrogen) atoms. The van der Waals surface area contributed by atoms with Gasteiger partial charge in [0.05, 0.1) is 12.8 Å². The molecule has 1 aromatic carbocycles. The van der Waals surface area contributed by atoms with Gasteiger partial charge < -0.3 is 4.74 Å². The fraction of sp³-hybridized carbons (Fsp3) is 0.438. The van der Waals surface area contributed by atoms with E-state index < -0.39 is 0 Å². The first-order chi connectivity index (χ1) is 10.2. The van der Waals surface area contributed by atoms with E-state index in [1.54, 1.807) is 0 Å². The van der Waals surface area contributed by atoms with Crippen molar-refractivity contribution in [3.8, 4) is 5.75 Å². The van der Waals surface area contributed by atoms with Crippen molar-refractivity contribution in [3.05, 3.63) is 47.8 Å². The van der Waals surface area contributed by atoms with Crippen LogP contribution in [0.1, 0.15) is 24.0 Å². The summed E-state index contributed by atoms with van der Waals surface area (Å²) in [4.78, 5) is 0. The van der Waals surface area contributed by atoms with Gasteiger partial charge in [0.2, 0.25) is 0 Å². The van der Waals surface area contributed by atoms with Crippen molar-refractivity contribution in [2.45, 2.75) is 32.2 Å². The molecule has 1 aromatic heterocycles. The Morgan fingerprint density at radius 1 is 1.38 bits per heavy atom. The summed E-state index contributed by atoms with van der Waals surface area (Å²) < 4.78 is 7.58. The average molecular weight is 288 g/mol. The fourth-order valence-electron chi connectivity index (χ4n) is 2.28. The van der Waals surface area contributed by atoms with Crippen molar-refractivity contribution in [2.75, 3.05) is 6.61 Å². The molecule has 0 bridgehead atoms. The van der Waals surface area contributed by atoms with E-state index in [2.05, 4.69) is 23.5 Å². The van der Waals surface area contributed by atoms with Gasteiger partial charge in [-0.1, -0.05) is 12.1 Å². The van der Waals surface area contributed by atoms with Gasteiger partial charge in [-0.2, -0.15) is 5.10 Å². The number of aromatic nitrogens is 2. The highest BCUT2D eigenvalue weighted by Crippen LogP contribution is 2.13. The molecule has 5 nitrogen and oxygen atoms in total. The first-order valence-electron chi connectivity index (χ1n) is 7.30. The molecule has 114 valence electrons. The fourth-order valence-corrected chi connectivity index (χ4v) is 2.28. The van der Waals surface area contributed by atoms with Crippen LogP contribution < -0.4 is 16.0 Å². The monoisotopic (exact) mass is 288 g/mol. The molecule has 5 heteroatoms. The molecular weight excluding hydrogens is 264 g/mol. The summed E-state index contributed by atoms with van der Waals surface area (Å²) >= 11 is 0. The molecule has 1 atom stereocenters. The number of nitrogens with zero attached hydrogens (tertiary/aromatic N) is 2. The lowest BCUT2D eigenvalue weighted by atomic mass is 10.1. The number of ether oxygens (including phenoxy) is 1. The largest absolute Gasteiger partial charge is 0.494 e. The number of rotatable bonds is 8. The van der Waals surface area contributed by atoms with E-state index in [9.17, 15) is 0 Å². The number of aryl methyl sites for hydroxylation is 3. The zero-order valence-electron chi connectivity index (χ0n) is 12.7. The molecule has 0 fully saturated rings. The Morgan fingerprint density at radius 3 is 2.90 bits per heavy atom. The van der Waals surface area contributed by atoms with Crippen molar-refractivity contribution >= 4 is 0 Å². The van der Waals surface area contributed by atoms with E-state index in [0.29, 0.717) is 6.61 Å². The number of nitrogens with one attached hydrogen (secondary N) is 1. The molecule has 0 radical (unpaired) electrons. The smallest absolute Gasteiger partial charge is 0.119 e. The van der Waals surface area contributed by atoms with Crippen molar-refractivity contribution < 1.29 is 4.74 Å². The molecule has 1 unspecified atom stereocenters. The molecule has 0 spiro atoms. The number of hydrogen-bond donors (Lipinski definition) is 2. The summed E-state index contributed by atoms with van der Waals surface area (Å²) in [5.74, 6) is 6.53. The van der Waals surface area contributed by atoms with Crippen LogP contribution in [0.5, 0.6) is 5.75 Å². The molecule has 2 aromatic rings. The Bertz CT molecular complexity index is 553. The Hall–Kier alpha value is -1.85. The van der Waals surface area contributed by atoms with Gasteiger partial charge in [-0.15, -0.1) is 0 Å². The van der Waals surface area contributed by atoms with Crippen molar-refractivity contribution in [3.63, 3.8) is 0 Å². The first kappa shape index (κ1) is 15.5. The third kappa shape index (κ3) is 5.21. The minimum Gasteiger partial charge on any atom is -0.494 e. The van der Waals surface area contributed by atoms with Crippen LogP contribution >= 0.6 is 0 Å². The highest BCUT2D eigenvalue weighted by molar-refractivity contribution is 5.27. The molecule has 2 rings (SSSR count). The maximum absolute atomic E-state index is 5.76. The van der Waals surface area contributed by atoms with E-state index >= 15 is 0 Å². The van der Waals surface area contributed by atoms with Gasteiger partial charge in [-0.3, -0.25) is 16.0 Å². The van der Waals surface area contributed by atoms with E-state index in [1.807, 2.05) is 42.3 Å². The predicted molar refractivity (Wildman–Crippen MR) is 83.9 cm³/mol. The van der Waals surface area contributed by atoms with Gasteiger partial charge in [0, 0.05) is 19.3 Å². The second-order valence-corrected chi connectivity index (χ2v) is 5.38. The maximum atomic E-state index is 5.76. The Morgan fingerprint density at radius 2 is 2.24 bits per heavy atom. The van der Waals surface area contributed by atoms with Crippen molar-refractivity contribution in [1.29, 1.82) is 0 Å². The van der Waals surface area contributed by atoms with Gasteiger partial charge in [-0.05, 0) is 49.4 Å². The standard InChI is InChI=1S/C16H24N4O/c1-13-4-3-5-16(10-13)21-9-8-15(19-17)7-6-14-11-18-20(2)12-14/h3-5,10-12,15,19H,6-9,17H2,1-2H3. The van der Waals surface area contributed by atoms with Gasteiger partial charge >= 0.3 is 0 Å². The number of nitrogens with two attached hydrogens (primary N) is 1.